The molecular weight excluding hydrogens is 254 g/mol. The molecular formula is C15H21N3O2. The molecule has 1 fully saturated rings. The highest BCUT2D eigenvalue weighted by molar-refractivity contribution is 5.98. The maximum absolute atomic E-state index is 12.3. The number of hydrogen-bond donors (Lipinski definition) is 2. The molecule has 0 unspecified atom stereocenters. The van der Waals surface area contributed by atoms with Crippen molar-refractivity contribution in [1.82, 2.24) is 5.32 Å². The van der Waals surface area contributed by atoms with E-state index >= 15 is 0 Å². The van der Waals surface area contributed by atoms with Gasteiger partial charge in [-0.3, -0.25) is 9.69 Å². The molecule has 0 aromatic heterocycles. The Morgan fingerprint density at radius 3 is 2.75 bits per heavy atom. The Hall–Kier alpha value is -2.04. The standard InChI is InChI=1S/C15H21N3O2/c1-10(2)18(15(20)17-8-11-3-4-11)14-6-5-13(16)7-12(14)9-19/h5-7,9-11H,3-4,8,16H2,1-2H3,(H,17,20). The molecule has 108 valence electrons. The SMILES string of the molecule is CC(C)N(C(=O)NCC1CC1)c1ccc(N)cc1C=O. The van der Waals surface area contributed by atoms with E-state index < -0.39 is 0 Å². The molecule has 5 nitrogen and oxygen atoms in total. The molecule has 0 atom stereocenters. The lowest BCUT2D eigenvalue weighted by Crippen LogP contribution is -2.45. The fourth-order valence-corrected chi connectivity index (χ4v) is 2.15. The van der Waals surface area contributed by atoms with Crippen LogP contribution >= 0.6 is 0 Å². The minimum atomic E-state index is -0.167. The number of nitrogen functional groups attached to an aromatic ring is 1. The van der Waals surface area contributed by atoms with Crippen LogP contribution in [-0.2, 0) is 0 Å². The minimum Gasteiger partial charge on any atom is -0.399 e. The fourth-order valence-electron chi connectivity index (χ4n) is 2.15. The Labute approximate surface area is 119 Å². The summed E-state index contributed by atoms with van der Waals surface area (Å²) in [4.78, 5) is 25.1. The predicted molar refractivity (Wildman–Crippen MR) is 80.0 cm³/mol. The number of rotatable bonds is 5. The highest BCUT2D eigenvalue weighted by Gasteiger charge is 2.25. The van der Waals surface area contributed by atoms with Crippen LogP contribution in [0.2, 0.25) is 0 Å². The number of hydrogen-bond acceptors (Lipinski definition) is 3. The summed E-state index contributed by atoms with van der Waals surface area (Å²) in [5, 5.41) is 2.93. The van der Waals surface area contributed by atoms with Gasteiger partial charge < -0.3 is 11.1 Å². The van der Waals surface area contributed by atoms with Crippen molar-refractivity contribution in [1.29, 1.82) is 0 Å². The van der Waals surface area contributed by atoms with Crippen molar-refractivity contribution in [2.75, 3.05) is 17.2 Å². The molecule has 1 aliphatic rings. The van der Waals surface area contributed by atoms with E-state index in [0.717, 1.165) is 6.29 Å². The van der Waals surface area contributed by atoms with Crippen LogP contribution in [0.4, 0.5) is 16.2 Å². The number of amides is 2. The molecule has 0 aliphatic heterocycles. The van der Waals surface area contributed by atoms with Crippen molar-refractivity contribution in [3.63, 3.8) is 0 Å². The minimum absolute atomic E-state index is 0.0449. The quantitative estimate of drug-likeness (QED) is 0.640. The fraction of sp³-hybridized carbons (Fsp3) is 0.467. The Morgan fingerprint density at radius 1 is 1.50 bits per heavy atom. The maximum atomic E-state index is 12.3. The zero-order chi connectivity index (χ0) is 14.7. The van der Waals surface area contributed by atoms with Gasteiger partial charge in [-0.05, 0) is 50.8 Å². The molecule has 2 rings (SSSR count). The Bertz CT molecular complexity index is 510. The Balaban J connectivity index is 2.22. The van der Waals surface area contributed by atoms with Crippen LogP contribution in [0.5, 0.6) is 0 Å². The monoisotopic (exact) mass is 275 g/mol. The topological polar surface area (TPSA) is 75.4 Å². The van der Waals surface area contributed by atoms with Gasteiger partial charge in [0, 0.05) is 23.8 Å². The van der Waals surface area contributed by atoms with Crippen LogP contribution in [0.3, 0.4) is 0 Å². The van der Waals surface area contributed by atoms with Crippen LogP contribution in [-0.4, -0.2) is 24.9 Å². The summed E-state index contributed by atoms with van der Waals surface area (Å²) in [6, 6.07) is 4.80. The average Bonchev–Trinajstić information content (AvgIpc) is 3.22. The van der Waals surface area contributed by atoms with Crippen molar-refractivity contribution in [2.45, 2.75) is 32.7 Å². The average molecular weight is 275 g/mol. The number of urea groups is 1. The van der Waals surface area contributed by atoms with Crippen LogP contribution in [0.25, 0.3) is 0 Å². The zero-order valence-corrected chi connectivity index (χ0v) is 11.9. The van der Waals surface area contributed by atoms with E-state index in [9.17, 15) is 9.59 Å². The van der Waals surface area contributed by atoms with Gasteiger partial charge in [0.1, 0.15) is 0 Å². The number of benzene rings is 1. The van der Waals surface area contributed by atoms with Crippen LogP contribution in [0.15, 0.2) is 18.2 Å². The smallest absolute Gasteiger partial charge is 0.322 e. The van der Waals surface area contributed by atoms with Crippen molar-refractivity contribution in [2.24, 2.45) is 5.92 Å². The molecule has 3 N–H and O–H groups in total. The van der Waals surface area contributed by atoms with E-state index in [1.165, 1.54) is 12.8 Å². The molecule has 20 heavy (non-hydrogen) atoms. The first-order valence-corrected chi connectivity index (χ1v) is 6.94. The van der Waals surface area contributed by atoms with E-state index in [4.69, 9.17) is 5.73 Å². The number of nitrogens with zero attached hydrogens (tertiary/aromatic N) is 1. The molecule has 0 bridgehead atoms. The van der Waals surface area contributed by atoms with Gasteiger partial charge in [0.05, 0.1) is 5.69 Å². The van der Waals surface area contributed by atoms with E-state index in [0.29, 0.717) is 29.4 Å². The van der Waals surface area contributed by atoms with E-state index in [2.05, 4.69) is 5.32 Å². The largest absolute Gasteiger partial charge is 0.399 e. The zero-order valence-electron chi connectivity index (χ0n) is 11.9. The van der Waals surface area contributed by atoms with Crippen molar-refractivity contribution < 1.29 is 9.59 Å². The molecule has 0 spiro atoms. The van der Waals surface area contributed by atoms with Crippen molar-refractivity contribution in [3.8, 4) is 0 Å². The number of carbonyl (C=O) groups is 2. The summed E-state index contributed by atoms with van der Waals surface area (Å²) >= 11 is 0. The number of carbonyl (C=O) groups excluding carboxylic acids is 2. The normalized spacial score (nSPS) is 14.2. The van der Waals surface area contributed by atoms with Crippen LogP contribution in [0.1, 0.15) is 37.0 Å². The van der Waals surface area contributed by atoms with Gasteiger partial charge in [0.25, 0.3) is 0 Å². The molecule has 0 saturated heterocycles. The third-order valence-corrected chi connectivity index (χ3v) is 3.41. The number of aldehydes is 1. The lowest BCUT2D eigenvalue weighted by atomic mass is 10.1. The molecule has 5 heteroatoms. The van der Waals surface area contributed by atoms with Gasteiger partial charge in [0.15, 0.2) is 6.29 Å². The van der Waals surface area contributed by atoms with Gasteiger partial charge >= 0.3 is 6.03 Å². The molecule has 0 heterocycles. The third-order valence-electron chi connectivity index (χ3n) is 3.41. The van der Waals surface area contributed by atoms with E-state index in [1.807, 2.05) is 13.8 Å². The summed E-state index contributed by atoms with van der Waals surface area (Å²) in [7, 11) is 0. The lowest BCUT2D eigenvalue weighted by molar-refractivity contribution is 0.112. The second-order valence-electron chi connectivity index (χ2n) is 5.53. The summed E-state index contributed by atoms with van der Waals surface area (Å²) in [5.74, 6) is 0.616. The van der Waals surface area contributed by atoms with Gasteiger partial charge in [-0.25, -0.2) is 4.79 Å². The number of nitrogens with one attached hydrogen (secondary N) is 1. The first-order valence-electron chi connectivity index (χ1n) is 6.94. The first kappa shape index (κ1) is 14.4. The summed E-state index contributed by atoms with van der Waals surface area (Å²) in [5.41, 5.74) is 7.22. The predicted octanol–water partition coefficient (Wildman–Crippen LogP) is 2.42. The second kappa shape index (κ2) is 5.94. The van der Waals surface area contributed by atoms with Crippen molar-refractivity contribution in [3.05, 3.63) is 23.8 Å². The second-order valence-corrected chi connectivity index (χ2v) is 5.53. The number of anilines is 2. The summed E-state index contributed by atoms with van der Waals surface area (Å²) in [6.07, 6.45) is 3.10. The highest BCUT2D eigenvalue weighted by Crippen LogP contribution is 2.28. The molecule has 1 saturated carbocycles. The molecule has 2 amide bonds. The van der Waals surface area contributed by atoms with Gasteiger partial charge in [-0.1, -0.05) is 0 Å². The molecule has 0 radical (unpaired) electrons. The lowest BCUT2D eigenvalue weighted by Gasteiger charge is -2.28. The first-order chi connectivity index (χ1) is 9.52. The molecule has 1 aromatic carbocycles. The maximum Gasteiger partial charge on any atom is 0.322 e. The Morgan fingerprint density at radius 2 is 2.20 bits per heavy atom. The van der Waals surface area contributed by atoms with Gasteiger partial charge in [-0.2, -0.15) is 0 Å². The summed E-state index contributed by atoms with van der Waals surface area (Å²) < 4.78 is 0. The molecule has 1 aliphatic carbocycles. The van der Waals surface area contributed by atoms with Gasteiger partial charge in [-0.15, -0.1) is 0 Å². The van der Waals surface area contributed by atoms with Crippen molar-refractivity contribution >= 4 is 23.7 Å². The van der Waals surface area contributed by atoms with E-state index in [1.54, 1.807) is 23.1 Å². The summed E-state index contributed by atoms with van der Waals surface area (Å²) in [6.45, 7) is 4.54. The van der Waals surface area contributed by atoms with E-state index in [-0.39, 0.29) is 12.1 Å². The third kappa shape index (κ3) is 3.29. The van der Waals surface area contributed by atoms with Crippen LogP contribution < -0.4 is 16.0 Å². The number of nitrogens with two attached hydrogens (primary N) is 1. The van der Waals surface area contributed by atoms with Crippen LogP contribution in [0, 0.1) is 5.92 Å². The van der Waals surface area contributed by atoms with Gasteiger partial charge in [0.2, 0.25) is 0 Å². The highest BCUT2D eigenvalue weighted by atomic mass is 16.2. The Kier molecular flexibility index (Phi) is 4.27. The molecule has 1 aromatic rings.